The topological polar surface area (TPSA) is 159 Å². The number of aryl methyl sites for hydroxylation is 1. The van der Waals surface area contributed by atoms with E-state index in [0.717, 1.165) is 29.6 Å². The highest BCUT2D eigenvalue weighted by Crippen LogP contribution is 2.23. The first-order chi connectivity index (χ1) is 14.0. The van der Waals surface area contributed by atoms with Gasteiger partial charge in [-0.15, -0.1) is 10.2 Å². The molecule has 2 aromatic heterocycles. The number of ether oxygens (including phenoxy) is 1. The van der Waals surface area contributed by atoms with Gasteiger partial charge in [0.15, 0.2) is 11.5 Å². The number of fused-ring (bicyclic) bond motifs is 1. The normalized spacial score (nSPS) is 19.2. The number of rotatable bonds is 6. The van der Waals surface area contributed by atoms with Gasteiger partial charge < -0.3 is 26.8 Å². The van der Waals surface area contributed by atoms with Crippen LogP contribution >= 0.6 is 0 Å². The highest BCUT2D eigenvalue weighted by molar-refractivity contribution is 5.96. The number of nitrogens with zero attached hydrogens (tertiary/aromatic N) is 5. The van der Waals surface area contributed by atoms with Crippen LogP contribution in [0.5, 0.6) is 0 Å². The van der Waals surface area contributed by atoms with E-state index in [4.69, 9.17) is 16.2 Å². The molecule has 0 radical (unpaired) electrons. The van der Waals surface area contributed by atoms with Crippen LogP contribution in [-0.4, -0.2) is 56.2 Å². The fourth-order valence-electron chi connectivity index (χ4n) is 3.28. The first-order valence-corrected chi connectivity index (χ1v) is 9.42. The molecule has 1 fully saturated rings. The number of carbonyl (C=O) groups excluding carboxylic acids is 1. The zero-order valence-corrected chi connectivity index (χ0v) is 16.0. The molecular formula is C18H23N9O2. The predicted octanol–water partition coefficient (Wildman–Crippen LogP) is 0.612. The summed E-state index contributed by atoms with van der Waals surface area (Å²) in [6.07, 6.45) is 2.53. The number of benzene rings is 1. The molecule has 1 amide bonds. The van der Waals surface area contributed by atoms with Crippen molar-refractivity contribution in [3.63, 3.8) is 0 Å². The molecule has 1 aliphatic heterocycles. The van der Waals surface area contributed by atoms with Crippen LogP contribution in [0.15, 0.2) is 24.4 Å². The Labute approximate surface area is 166 Å². The van der Waals surface area contributed by atoms with Gasteiger partial charge in [-0.2, -0.15) is 10.1 Å². The SMILES string of the molecule is CCn1ncc2ccc(Nc3nc(N[C@@H]4CCOC[C@@H]4N)nnc3C(N)=O)cc21. The van der Waals surface area contributed by atoms with Crippen LogP contribution in [0, 0.1) is 0 Å². The average Bonchev–Trinajstić information content (AvgIpc) is 3.12. The van der Waals surface area contributed by atoms with Crippen molar-refractivity contribution in [2.24, 2.45) is 11.5 Å². The Balaban J connectivity index is 1.63. The molecule has 1 saturated heterocycles. The van der Waals surface area contributed by atoms with Crippen molar-refractivity contribution in [3.05, 3.63) is 30.1 Å². The molecule has 0 saturated carbocycles. The van der Waals surface area contributed by atoms with Crippen LogP contribution in [-0.2, 0) is 11.3 Å². The lowest BCUT2D eigenvalue weighted by Gasteiger charge is -2.29. The Kier molecular flexibility index (Phi) is 5.23. The lowest BCUT2D eigenvalue weighted by atomic mass is 10.1. The molecule has 11 nitrogen and oxygen atoms in total. The molecule has 0 aliphatic carbocycles. The smallest absolute Gasteiger partial charge is 0.273 e. The summed E-state index contributed by atoms with van der Waals surface area (Å²) >= 11 is 0. The monoisotopic (exact) mass is 397 g/mol. The van der Waals surface area contributed by atoms with Gasteiger partial charge in [-0.3, -0.25) is 9.48 Å². The molecular weight excluding hydrogens is 374 g/mol. The highest BCUT2D eigenvalue weighted by atomic mass is 16.5. The number of amides is 1. The molecule has 0 bridgehead atoms. The standard InChI is InChI=1S/C18H23N9O2/c1-2-27-14-7-11(4-3-10(14)8-21-27)22-17-15(16(20)28)25-26-18(24-17)23-13-5-6-29-9-12(13)19/h3-4,7-8,12-13H,2,5-6,9,19H2,1H3,(H2,20,28)(H2,22,23,24,26)/t12-,13+/m0/s1. The van der Waals surface area contributed by atoms with Gasteiger partial charge in [0.05, 0.1) is 18.3 Å². The number of hydrogen-bond donors (Lipinski definition) is 4. The molecule has 2 atom stereocenters. The largest absolute Gasteiger partial charge is 0.380 e. The van der Waals surface area contributed by atoms with Crippen LogP contribution in [0.25, 0.3) is 10.9 Å². The minimum atomic E-state index is -0.721. The molecule has 152 valence electrons. The summed E-state index contributed by atoms with van der Waals surface area (Å²) in [6, 6.07) is 5.51. The van der Waals surface area contributed by atoms with Crippen molar-refractivity contribution < 1.29 is 9.53 Å². The minimum absolute atomic E-state index is 0.0454. The van der Waals surface area contributed by atoms with Gasteiger partial charge in [-0.05, 0) is 31.5 Å². The molecule has 4 rings (SSSR count). The van der Waals surface area contributed by atoms with Gasteiger partial charge in [-0.1, -0.05) is 0 Å². The summed E-state index contributed by atoms with van der Waals surface area (Å²) in [4.78, 5) is 16.2. The summed E-state index contributed by atoms with van der Waals surface area (Å²) in [7, 11) is 0. The maximum absolute atomic E-state index is 11.8. The maximum Gasteiger partial charge on any atom is 0.273 e. The van der Waals surface area contributed by atoms with Gasteiger partial charge in [0.2, 0.25) is 5.95 Å². The number of hydrogen-bond acceptors (Lipinski definition) is 9. The molecule has 0 unspecified atom stereocenters. The average molecular weight is 397 g/mol. The van der Waals surface area contributed by atoms with Crippen LogP contribution in [0.1, 0.15) is 23.8 Å². The fraction of sp³-hybridized carbons (Fsp3) is 0.389. The summed E-state index contributed by atoms with van der Waals surface area (Å²) < 4.78 is 7.23. The zero-order valence-electron chi connectivity index (χ0n) is 16.0. The Bertz CT molecular complexity index is 1040. The van der Waals surface area contributed by atoms with Gasteiger partial charge >= 0.3 is 0 Å². The van der Waals surface area contributed by atoms with Gasteiger partial charge in [0, 0.05) is 36.3 Å². The summed E-state index contributed by atoms with van der Waals surface area (Å²) in [5, 5.41) is 19.6. The number of primary amides is 1. The molecule has 1 aromatic carbocycles. The van der Waals surface area contributed by atoms with Crippen molar-refractivity contribution in [3.8, 4) is 0 Å². The molecule has 11 heteroatoms. The highest BCUT2D eigenvalue weighted by Gasteiger charge is 2.24. The molecule has 3 aromatic rings. The molecule has 0 spiro atoms. The quantitative estimate of drug-likeness (QED) is 0.467. The Hall–Kier alpha value is -3.31. The van der Waals surface area contributed by atoms with Crippen molar-refractivity contribution in [1.29, 1.82) is 0 Å². The van der Waals surface area contributed by atoms with Crippen LogP contribution in [0.3, 0.4) is 0 Å². The van der Waals surface area contributed by atoms with Crippen molar-refractivity contribution in [2.75, 3.05) is 23.8 Å². The van der Waals surface area contributed by atoms with Gasteiger partial charge in [0.1, 0.15) is 0 Å². The van der Waals surface area contributed by atoms with Crippen molar-refractivity contribution in [2.45, 2.75) is 32.0 Å². The van der Waals surface area contributed by atoms with E-state index in [1.54, 1.807) is 0 Å². The van der Waals surface area contributed by atoms with Gasteiger partial charge in [-0.25, -0.2) is 0 Å². The number of carbonyl (C=O) groups is 1. The van der Waals surface area contributed by atoms with Crippen molar-refractivity contribution >= 4 is 34.3 Å². The predicted molar refractivity (Wildman–Crippen MR) is 108 cm³/mol. The van der Waals surface area contributed by atoms with E-state index in [1.807, 2.05) is 36.0 Å². The summed E-state index contributed by atoms with van der Waals surface area (Å²) in [6.45, 7) is 3.83. The number of aromatic nitrogens is 5. The van der Waals surface area contributed by atoms with Crippen LogP contribution in [0.2, 0.25) is 0 Å². The molecule has 3 heterocycles. The Morgan fingerprint density at radius 2 is 2.24 bits per heavy atom. The third-order valence-corrected chi connectivity index (χ3v) is 4.84. The van der Waals surface area contributed by atoms with Crippen molar-refractivity contribution in [1.82, 2.24) is 25.0 Å². The first-order valence-electron chi connectivity index (χ1n) is 9.42. The van der Waals surface area contributed by atoms with Gasteiger partial charge in [0.25, 0.3) is 5.91 Å². The first kappa shape index (κ1) is 19.0. The van der Waals surface area contributed by atoms with E-state index >= 15 is 0 Å². The Morgan fingerprint density at radius 1 is 1.38 bits per heavy atom. The molecule has 29 heavy (non-hydrogen) atoms. The number of anilines is 3. The summed E-state index contributed by atoms with van der Waals surface area (Å²) in [5.74, 6) is -0.237. The van der Waals surface area contributed by atoms with E-state index in [0.29, 0.717) is 13.2 Å². The number of nitrogens with two attached hydrogens (primary N) is 2. The lowest BCUT2D eigenvalue weighted by Crippen LogP contribution is -2.48. The Morgan fingerprint density at radius 3 is 3.00 bits per heavy atom. The van der Waals surface area contributed by atoms with E-state index in [1.165, 1.54) is 0 Å². The third kappa shape index (κ3) is 3.96. The van der Waals surface area contributed by atoms with E-state index in [2.05, 4.69) is 30.9 Å². The van der Waals surface area contributed by atoms with E-state index in [-0.39, 0.29) is 29.5 Å². The summed E-state index contributed by atoms with van der Waals surface area (Å²) in [5.41, 5.74) is 13.2. The second-order valence-corrected chi connectivity index (χ2v) is 6.83. The third-order valence-electron chi connectivity index (χ3n) is 4.84. The van der Waals surface area contributed by atoms with E-state index in [9.17, 15) is 4.79 Å². The minimum Gasteiger partial charge on any atom is -0.380 e. The molecule has 6 N–H and O–H groups in total. The van der Waals surface area contributed by atoms with Crippen LogP contribution < -0.4 is 22.1 Å². The number of nitrogens with one attached hydrogen (secondary N) is 2. The maximum atomic E-state index is 11.8. The zero-order chi connectivity index (χ0) is 20.4. The fourth-order valence-corrected chi connectivity index (χ4v) is 3.28. The lowest BCUT2D eigenvalue weighted by molar-refractivity contribution is 0.0751. The molecule has 1 aliphatic rings. The second-order valence-electron chi connectivity index (χ2n) is 6.83. The van der Waals surface area contributed by atoms with Crippen LogP contribution in [0.4, 0.5) is 17.5 Å². The van der Waals surface area contributed by atoms with E-state index < -0.39 is 5.91 Å². The second kappa shape index (κ2) is 7.97.